The first kappa shape index (κ1) is 67.4. The Labute approximate surface area is 521 Å². The van der Waals surface area contributed by atoms with Gasteiger partial charge >= 0.3 is 0 Å². The van der Waals surface area contributed by atoms with Crippen molar-refractivity contribution in [3.63, 3.8) is 0 Å². The quantitative estimate of drug-likeness (QED) is 0.0775. The second kappa shape index (κ2) is 34.4. The zero-order valence-electron chi connectivity index (χ0n) is 48.4. The van der Waals surface area contributed by atoms with Gasteiger partial charge in [0, 0.05) is 121 Å². The molecule has 85 heavy (non-hydrogen) atoms. The summed E-state index contributed by atoms with van der Waals surface area (Å²) in [6.07, 6.45) is 7.07. The molecular weight excluding hydrogens is 1420 g/mol. The number of aliphatic hydroxyl groups excluding tert-OH is 4. The van der Waals surface area contributed by atoms with Gasteiger partial charge < -0.3 is 39.7 Å². The summed E-state index contributed by atoms with van der Waals surface area (Å²) in [6.45, 7) is 10.6. The van der Waals surface area contributed by atoms with Gasteiger partial charge in [-0.25, -0.2) is 0 Å². The Morgan fingerprint density at radius 3 is 1.33 bits per heavy atom. The van der Waals surface area contributed by atoms with Crippen LogP contribution >= 0.6 is 0 Å². The maximum Gasteiger partial charge on any atom is 0.157 e. The van der Waals surface area contributed by atoms with Crippen molar-refractivity contribution in [3.05, 3.63) is 230 Å². The molecule has 440 valence electrons. The minimum absolute atomic E-state index is 0. The maximum atomic E-state index is 7.57. The number of rotatable bonds is 6. The van der Waals surface area contributed by atoms with Crippen LogP contribution < -0.4 is 5.10 Å². The van der Waals surface area contributed by atoms with Gasteiger partial charge in [0.05, 0.1) is 11.4 Å². The van der Waals surface area contributed by atoms with E-state index in [0.29, 0.717) is 11.8 Å². The number of nitrogens with zero attached hydrogens (tertiary/aromatic N) is 7. The number of hydrogen-bond acceptors (Lipinski definition) is 12. The maximum absolute atomic E-state index is 7.57. The van der Waals surface area contributed by atoms with Gasteiger partial charge in [-0.2, -0.15) is 5.10 Å². The second-order valence-corrected chi connectivity index (χ2v) is 18.8. The predicted octanol–water partition coefficient (Wildman–Crippen LogP) is 14.8. The normalized spacial score (nSPS) is 10.2. The molecule has 0 saturated carbocycles. The third kappa shape index (κ3) is 16.9. The fourth-order valence-corrected chi connectivity index (χ4v) is 8.99. The van der Waals surface area contributed by atoms with Crippen LogP contribution in [-0.2, 0) is 40.2 Å². The van der Waals surface area contributed by atoms with Crippen molar-refractivity contribution in [2.24, 2.45) is 0 Å². The van der Waals surface area contributed by atoms with Crippen molar-refractivity contribution >= 4 is 65.0 Å². The zero-order valence-corrected chi connectivity index (χ0v) is 53.2. The summed E-state index contributed by atoms with van der Waals surface area (Å²) in [6, 6.07) is 68.4. The van der Waals surface area contributed by atoms with Gasteiger partial charge in [-0.1, -0.05) is 170 Å². The smallest absolute Gasteiger partial charge is 0.157 e. The van der Waals surface area contributed by atoms with Crippen LogP contribution in [-0.4, -0.2) is 83.9 Å². The number of aromatic nitrogens is 8. The van der Waals surface area contributed by atoms with E-state index in [0.717, 1.165) is 88.6 Å². The van der Waals surface area contributed by atoms with Gasteiger partial charge in [-0.3, -0.25) is 15.1 Å². The summed E-state index contributed by atoms with van der Waals surface area (Å²) < 4.78 is 10.8. The number of fused-ring (bicyclic) bond motifs is 8. The third-order valence-corrected chi connectivity index (χ3v) is 13.0. The number of aromatic amines is 1. The third-order valence-electron chi connectivity index (χ3n) is 13.0. The molecule has 0 fully saturated rings. The monoisotopic (exact) mass is 1490 g/mol. The largest absolute Gasteiger partial charge is 0.574 e. The fourth-order valence-electron chi connectivity index (χ4n) is 8.99. The molecular formula is C69H67Ir2N8O6-3. The van der Waals surface area contributed by atoms with Crippen LogP contribution in [0.25, 0.3) is 110 Å². The van der Waals surface area contributed by atoms with Crippen molar-refractivity contribution in [3.8, 4) is 45.3 Å². The molecule has 0 bridgehead atoms. The average molecular weight is 1490 g/mol. The van der Waals surface area contributed by atoms with E-state index >= 15 is 0 Å². The molecule has 0 saturated heterocycles. The number of H-pyrrole nitrogens is 1. The van der Waals surface area contributed by atoms with E-state index in [1.165, 1.54) is 54.2 Å². The van der Waals surface area contributed by atoms with Crippen molar-refractivity contribution in [1.82, 2.24) is 40.7 Å². The molecule has 8 aromatic carbocycles. The Bertz CT molecular complexity index is 3950. The molecule has 0 unspecified atom stereocenters. The van der Waals surface area contributed by atoms with Gasteiger partial charge in [0.1, 0.15) is 0 Å². The van der Waals surface area contributed by atoms with E-state index in [4.69, 9.17) is 29.5 Å². The van der Waals surface area contributed by atoms with Crippen LogP contribution in [0.5, 0.6) is 0 Å². The summed E-state index contributed by atoms with van der Waals surface area (Å²) >= 11 is 0. The molecule has 14 rings (SSSR count). The Balaban J connectivity index is 0.000000201. The second-order valence-electron chi connectivity index (χ2n) is 18.8. The number of nitrogens with one attached hydrogen (secondary N) is 1. The van der Waals surface area contributed by atoms with Crippen LogP contribution in [0.4, 0.5) is 0 Å². The molecule has 6 heterocycles. The van der Waals surface area contributed by atoms with Crippen LogP contribution in [0.3, 0.4) is 0 Å². The molecule has 2 radical (unpaired) electrons. The Morgan fingerprint density at radius 2 is 0.894 bits per heavy atom. The van der Waals surface area contributed by atoms with Gasteiger partial charge in [-0.05, 0) is 83.1 Å². The van der Waals surface area contributed by atoms with Crippen LogP contribution in [0.1, 0.15) is 57.6 Å². The number of pyridine rings is 2. The van der Waals surface area contributed by atoms with Crippen LogP contribution in [0, 0.1) is 12.1 Å². The van der Waals surface area contributed by atoms with E-state index < -0.39 is 0 Å². The number of aliphatic hydroxyl groups is 4. The minimum Gasteiger partial charge on any atom is -0.574 e. The van der Waals surface area contributed by atoms with Crippen LogP contribution in [0.15, 0.2) is 216 Å². The fraction of sp³-hybridized carbons (Fsp3) is 0.159. The van der Waals surface area contributed by atoms with Crippen molar-refractivity contribution in [1.29, 1.82) is 0 Å². The summed E-state index contributed by atoms with van der Waals surface area (Å²) in [5, 5.41) is 63.4. The van der Waals surface area contributed by atoms with Crippen LogP contribution in [0.2, 0.25) is 0 Å². The predicted molar refractivity (Wildman–Crippen MR) is 335 cm³/mol. The molecule has 16 heteroatoms. The van der Waals surface area contributed by atoms with Gasteiger partial charge in [0.2, 0.25) is 0 Å². The zero-order chi connectivity index (χ0) is 59.1. The summed E-state index contributed by atoms with van der Waals surface area (Å²) in [4.78, 5) is 8.55. The molecule has 14 aromatic rings. The minimum atomic E-state index is 0. The molecule has 6 aromatic heterocycles. The topological polar surface area (TPSA) is 214 Å². The van der Waals surface area contributed by atoms with Crippen molar-refractivity contribution in [2.45, 2.75) is 46.5 Å². The Hall–Kier alpha value is -8.40. The van der Waals surface area contributed by atoms with Crippen molar-refractivity contribution in [2.75, 3.05) is 27.9 Å². The van der Waals surface area contributed by atoms with Gasteiger partial charge in [0.25, 0.3) is 0 Å². The molecule has 0 spiro atoms. The summed E-state index contributed by atoms with van der Waals surface area (Å²) in [5.41, 5.74) is 11.4. The van der Waals surface area contributed by atoms with E-state index in [1.807, 2.05) is 85.2 Å². The Morgan fingerprint density at radius 1 is 0.471 bits per heavy atom. The van der Waals surface area contributed by atoms with Gasteiger partial charge in [-0.15, -0.1) is 68.6 Å². The van der Waals surface area contributed by atoms with E-state index in [9.17, 15) is 0 Å². The van der Waals surface area contributed by atoms with Gasteiger partial charge in [0.15, 0.2) is 11.2 Å². The molecule has 14 nitrogen and oxygen atoms in total. The number of benzene rings is 8. The molecule has 0 aliphatic heterocycles. The molecule has 0 atom stereocenters. The number of hydrogen-bond donors (Lipinski definition) is 5. The SMILES string of the molecule is CC(C)c1ccnc(-c2ccn[n-]2)c1.CC(C)c1ccnc(-c2ccn[nH]2)c1.CCO.CO.CO.CO.[Ir].[Ir].[c-]1cc2c(ccc3ccccc32)cc1-c1noc2ccccc12.[c-]1cc2c(ccc3ccccc32)cc1-c1noc2ccccc12. The molecule has 0 amide bonds. The first-order chi connectivity index (χ1) is 40.8. The molecule has 5 N–H and O–H groups in total. The summed E-state index contributed by atoms with van der Waals surface area (Å²) in [5.74, 6) is 1.04. The van der Waals surface area contributed by atoms with E-state index in [-0.39, 0.29) is 46.8 Å². The number of para-hydroxylation sites is 2. The van der Waals surface area contributed by atoms with E-state index in [1.54, 1.807) is 19.3 Å². The summed E-state index contributed by atoms with van der Waals surface area (Å²) in [7, 11) is 3.00. The standard InChI is InChI=1S/2C21H12NO.C11H13N3.C11H12N3.C2H6O.3CH4O.2Ir/c2*1-2-6-17-14(5-1)9-10-15-13-16(11-12-18(15)17)21-19-7-3-4-8-20(19)23-22-21;2*1-8(2)9-3-5-12-11(7-9)10-4-6-13-14-10;1-2-3;3*1-2;;/h2*1-10,12-13H;3-8H,1-2H3,(H,13,14);3-8H,1-2H3;3H,2H2,1H3;3*2H,1H3;;/q2*-1;;-1;;;;;;. The van der Waals surface area contributed by atoms with Crippen molar-refractivity contribution < 1.29 is 69.7 Å². The first-order valence-corrected chi connectivity index (χ1v) is 26.9. The average Bonchev–Trinajstić information content (AvgIpc) is 2.75. The first-order valence-electron chi connectivity index (χ1n) is 26.9. The molecule has 0 aliphatic carbocycles. The Kier molecular flexibility index (Phi) is 27.3. The molecule has 0 aliphatic rings. The van der Waals surface area contributed by atoms with E-state index in [2.05, 4.69) is 190 Å².